The Morgan fingerprint density at radius 2 is 2.29 bits per heavy atom. The highest BCUT2D eigenvalue weighted by Gasteiger charge is 2.61. The van der Waals surface area contributed by atoms with Gasteiger partial charge in [-0.1, -0.05) is 29.8 Å². The molecule has 2 aliphatic carbocycles. The molecule has 0 saturated heterocycles. The van der Waals surface area contributed by atoms with Crippen LogP contribution in [0.25, 0.3) is 0 Å². The summed E-state index contributed by atoms with van der Waals surface area (Å²) in [6.45, 7) is 4.32. The van der Waals surface area contributed by atoms with Crippen LogP contribution in [0.5, 0.6) is 0 Å². The van der Waals surface area contributed by atoms with Crippen molar-refractivity contribution in [3.05, 3.63) is 10.6 Å². The normalized spacial score (nSPS) is 41.9. The van der Waals surface area contributed by atoms with Gasteiger partial charge in [-0.3, -0.25) is 4.79 Å². The van der Waals surface area contributed by atoms with Crippen LogP contribution in [0.2, 0.25) is 0 Å². The predicted octanol–water partition coefficient (Wildman–Crippen LogP) is 3.18. The van der Waals surface area contributed by atoms with E-state index in [2.05, 4.69) is 29.8 Å². The standard InChI is InChI=1S/C11H15BrO2/c1-10(2)7-3-4-11(5-7,9(13)14)8(10)6-12/h6-7H,3-5H2,1-2H3,(H,13,14)/t7-,11-/m1/s1. The van der Waals surface area contributed by atoms with Crippen LogP contribution < -0.4 is 0 Å². The largest absolute Gasteiger partial charge is 0.481 e. The zero-order chi connectivity index (χ0) is 10.6. The molecule has 0 aromatic carbocycles. The second-order valence-corrected chi connectivity index (χ2v) is 5.53. The number of carbonyl (C=O) groups is 1. The summed E-state index contributed by atoms with van der Waals surface area (Å²) in [7, 11) is 0. The van der Waals surface area contributed by atoms with E-state index in [-0.39, 0.29) is 5.41 Å². The van der Waals surface area contributed by atoms with Crippen molar-refractivity contribution in [3.63, 3.8) is 0 Å². The minimum Gasteiger partial charge on any atom is -0.481 e. The van der Waals surface area contributed by atoms with Gasteiger partial charge in [-0.25, -0.2) is 0 Å². The summed E-state index contributed by atoms with van der Waals surface area (Å²) in [6.07, 6.45) is 2.70. The second-order valence-electron chi connectivity index (χ2n) is 5.07. The van der Waals surface area contributed by atoms with E-state index in [4.69, 9.17) is 0 Å². The Morgan fingerprint density at radius 1 is 1.64 bits per heavy atom. The quantitative estimate of drug-likeness (QED) is 0.785. The van der Waals surface area contributed by atoms with E-state index in [1.807, 2.05) is 4.99 Å². The molecule has 0 aliphatic heterocycles. The molecule has 0 radical (unpaired) electrons. The van der Waals surface area contributed by atoms with Gasteiger partial charge in [-0.05, 0) is 41.2 Å². The molecular weight excluding hydrogens is 244 g/mol. The maximum atomic E-state index is 11.4. The lowest BCUT2D eigenvalue weighted by molar-refractivity contribution is -0.146. The van der Waals surface area contributed by atoms with Gasteiger partial charge in [0, 0.05) is 0 Å². The van der Waals surface area contributed by atoms with Gasteiger partial charge in [-0.15, -0.1) is 0 Å². The number of carboxylic acid groups (broad SMARTS) is 1. The summed E-state index contributed by atoms with van der Waals surface area (Å²) >= 11 is 3.33. The Morgan fingerprint density at radius 3 is 2.71 bits per heavy atom. The monoisotopic (exact) mass is 258 g/mol. The van der Waals surface area contributed by atoms with Crippen molar-refractivity contribution in [2.75, 3.05) is 0 Å². The molecule has 0 spiro atoms. The van der Waals surface area contributed by atoms with Crippen molar-refractivity contribution in [2.24, 2.45) is 16.7 Å². The molecule has 2 saturated carbocycles. The fourth-order valence-corrected chi connectivity index (χ4v) is 4.33. The van der Waals surface area contributed by atoms with Crippen LogP contribution in [0.3, 0.4) is 0 Å². The molecule has 2 aliphatic rings. The molecule has 2 bridgehead atoms. The Hall–Kier alpha value is -0.310. The van der Waals surface area contributed by atoms with E-state index in [9.17, 15) is 9.90 Å². The molecular formula is C11H15BrO2. The maximum absolute atomic E-state index is 11.4. The van der Waals surface area contributed by atoms with Crippen LogP contribution in [0.1, 0.15) is 33.1 Å². The lowest BCUT2D eigenvalue weighted by Crippen LogP contribution is -2.33. The van der Waals surface area contributed by atoms with Crippen LogP contribution in [-0.4, -0.2) is 11.1 Å². The zero-order valence-corrected chi connectivity index (χ0v) is 10.1. The van der Waals surface area contributed by atoms with Crippen LogP contribution in [-0.2, 0) is 4.79 Å². The minimum absolute atomic E-state index is 0.0557. The molecule has 3 heteroatoms. The van der Waals surface area contributed by atoms with E-state index in [1.54, 1.807) is 0 Å². The van der Waals surface area contributed by atoms with Gasteiger partial charge < -0.3 is 5.11 Å². The highest BCUT2D eigenvalue weighted by atomic mass is 79.9. The molecule has 0 amide bonds. The summed E-state index contributed by atoms with van der Waals surface area (Å²) in [5.41, 5.74) is 0.575. The van der Waals surface area contributed by atoms with Crippen molar-refractivity contribution in [1.82, 2.24) is 0 Å². The minimum atomic E-state index is -0.642. The number of hydrogen-bond acceptors (Lipinski definition) is 1. The Balaban J connectivity index is 2.52. The van der Waals surface area contributed by atoms with Crippen LogP contribution in [0.15, 0.2) is 10.6 Å². The van der Waals surface area contributed by atoms with E-state index in [0.29, 0.717) is 5.92 Å². The number of carboxylic acids is 1. The van der Waals surface area contributed by atoms with Gasteiger partial charge in [0.05, 0.1) is 5.41 Å². The van der Waals surface area contributed by atoms with E-state index >= 15 is 0 Å². The molecule has 2 rings (SSSR count). The van der Waals surface area contributed by atoms with Crippen molar-refractivity contribution in [3.8, 4) is 0 Å². The molecule has 0 unspecified atom stereocenters. The summed E-state index contributed by atoms with van der Waals surface area (Å²) in [5, 5.41) is 9.36. The number of hydrogen-bond donors (Lipinski definition) is 1. The van der Waals surface area contributed by atoms with Gasteiger partial charge in [0.25, 0.3) is 0 Å². The molecule has 1 N–H and O–H groups in total. The smallest absolute Gasteiger partial charge is 0.313 e. The third-order valence-electron chi connectivity index (χ3n) is 4.26. The average Bonchev–Trinajstić information content (AvgIpc) is 2.58. The molecule has 2 nitrogen and oxygen atoms in total. The third kappa shape index (κ3) is 0.992. The number of rotatable bonds is 1. The van der Waals surface area contributed by atoms with E-state index < -0.39 is 11.4 Å². The SMILES string of the molecule is CC1(C)C(=CBr)[C@@]2(C(=O)O)CC[C@@H]1C2. The first-order valence-electron chi connectivity index (χ1n) is 5.00. The number of fused-ring (bicyclic) bond motifs is 2. The Labute approximate surface area is 92.5 Å². The second kappa shape index (κ2) is 2.84. The summed E-state index contributed by atoms with van der Waals surface area (Å²) in [6, 6.07) is 0. The Bertz CT molecular complexity index is 319. The molecule has 14 heavy (non-hydrogen) atoms. The van der Waals surface area contributed by atoms with Gasteiger partial charge in [-0.2, -0.15) is 0 Å². The molecule has 78 valence electrons. The fraction of sp³-hybridized carbons (Fsp3) is 0.727. The third-order valence-corrected chi connectivity index (χ3v) is 4.72. The lowest BCUT2D eigenvalue weighted by Gasteiger charge is -2.36. The Kier molecular flexibility index (Phi) is 2.08. The summed E-state index contributed by atoms with van der Waals surface area (Å²) in [4.78, 5) is 13.2. The topological polar surface area (TPSA) is 37.3 Å². The maximum Gasteiger partial charge on any atom is 0.313 e. The van der Waals surface area contributed by atoms with E-state index in [0.717, 1.165) is 24.8 Å². The molecule has 2 fully saturated rings. The molecule has 0 heterocycles. The van der Waals surface area contributed by atoms with Gasteiger partial charge in [0.15, 0.2) is 0 Å². The first-order chi connectivity index (χ1) is 6.45. The summed E-state index contributed by atoms with van der Waals surface area (Å²) < 4.78 is 0. The molecule has 2 atom stereocenters. The average molecular weight is 259 g/mol. The lowest BCUT2D eigenvalue weighted by atomic mass is 9.68. The highest BCUT2D eigenvalue weighted by molar-refractivity contribution is 9.11. The van der Waals surface area contributed by atoms with Crippen molar-refractivity contribution in [2.45, 2.75) is 33.1 Å². The predicted molar refractivity (Wildman–Crippen MR) is 58.2 cm³/mol. The van der Waals surface area contributed by atoms with Gasteiger partial charge in [0.2, 0.25) is 0 Å². The van der Waals surface area contributed by atoms with Gasteiger partial charge >= 0.3 is 5.97 Å². The molecule has 0 aromatic heterocycles. The van der Waals surface area contributed by atoms with E-state index in [1.165, 1.54) is 0 Å². The zero-order valence-electron chi connectivity index (χ0n) is 8.51. The van der Waals surface area contributed by atoms with Crippen LogP contribution in [0.4, 0.5) is 0 Å². The number of halogens is 1. The van der Waals surface area contributed by atoms with Crippen molar-refractivity contribution >= 4 is 21.9 Å². The first-order valence-corrected chi connectivity index (χ1v) is 5.91. The molecule has 0 aromatic rings. The summed E-state index contributed by atoms with van der Waals surface area (Å²) in [5.74, 6) is -0.0984. The van der Waals surface area contributed by atoms with Gasteiger partial charge in [0.1, 0.15) is 0 Å². The van der Waals surface area contributed by atoms with Crippen LogP contribution >= 0.6 is 15.9 Å². The highest BCUT2D eigenvalue weighted by Crippen LogP contribution is 2.66. The fourth-order valence-electron chi connectivity index (χ4n) is 3.30. The van der Waals surface area contributed by atoms with Crippen molar-refractivity contribution in [1.29, 1.82) is 0 Å². The first kappa shape index (κ1) is 10.2. The van der Waals surface area contributed by atoms with Crippen LogP contribution in [0, 0.1) is 16.7 Å². The number of aliphatic carboxylic acids is 1. The van der Waals surface area contributed by atoms with Crippen molar-refractivity contribution < 1.29 is 9.90 Å².